The molecule has 6 heteroatoms. The summed E-state index contributed by atoms with van der Waals surface area (Å²) < 4.78 is 2.02. The fraction of sp³-hybridized carbons (Fsp3) is 0.526. The largest absolute Gasteiger partial charge is 0.370 e. The summed E-state index contributed by atoms with van der Waals surface area (Å²) in [5, 5.41) is 4.43. The van der Waals surface area contributed by atoms with Crippen LogP contribution in [0.5, 0.6) is 0 Å². The molecule has 1 aliphatic heterocycles. The molecule has 6 nitrogen and oxygen atoms in total. The van der Waals surface area contributed by atoms with Crippen molar-refractivity contribution in [3.05, 3.63) is 47.5 Å². The zero-order chi connectivity index (χ0) is 17.6. The van der Waals surface area contributed by atoms with E-state index in [4.69, 9.17) is 10.7 Å². The van der Waals surface area contributed by atoms with Crippen molar-refractivity contribution in [3.63, 3.8) is 0 Å². The maximum atomic E-state index is 11.0. The van der Waals surface area contributed by atoms with E-state index in [0.29, 0.717) is 18.9 Å². The van der Waals surface area contributed by atoms with Gasteiger partial charge in [-0.15, -0.1) is 0 Å². The van der Waals surface area contributed by atoms with E-state index in [2.05, 4.69) is 29.2 Å². The Morgan fingerprint density at radius 2 is 2.28 bits per heavy atom. The van der Waals surface area contributed by atoms with E-state index in [9.17, 15) is 4.79 Å². The van der Waals surface area contributed by atoms with Crippen LogP contribution in [0.4, 0.5) is 0 Å². The van der Waals surface area contributed by atoms with Gasteiger partial charge in [0.1, 0.15) is 0 Å². The molecule has 0 unspecified atom stereocenters. The molecule has 0 radical (unpaired) electrons. The van der Waals surface area contributed by atoms with Crippen LogP contribution >= 0.6 is 0 Å². The molecule has 1 aliphatic rings. The van der Waals surface area contributed by atoms with Crippen molar-refractivity contribution >= 4 is 5.91 Å². The van der Waals surface area contributed by atoms with Gasteiger partial charge in [0.2, 0.25) is 5.91 Å². The van der Waals surface area contributed by atoms with Crippen LogP contribution in [-0.2, 0) is 24.3 Å². The van der Waals surface area contributed by atoms with E-state index in [-0.39, 0.29) is 5.91 Å². The second kappa shape index (κ2) is 8.25. The molecular weight excluding hydrogens is 314 g/mol. The Morgan fingerprint density at radius 3 is 3.08 bits per heavy atom. The third kappa shape index (κ3) is 4.66. The van der Waals surface area contributed by atoms with Crippen molar-refractivity contribution < 1.29 is 4.79 Å². The summed E-state index contributed by atoms with van der Waals surface area (Å²) in [7, 11) is 0. The van der Waals surface area contributed by atoms with Gasteiger partial charge < -0.3 is 5.73 Å². The first kappa shape index (κ1) is 17.6. The molecule has 2 N–H and O–H groups in total. The van der Waals surface area contributed by atoms with Gasteiger partial charge in [-0.1, -0.05) is 13.0 Å². The third-order valence-electron chi connectivity index (χ3n) is 4.69. The number of pyridine rings is 1. The summed E-state index contributed by atoms with van der Waals surface area (Å²) >= 11 is 0. The fourth-order valence-electron chi connectivity index (χ4n) is 3.50. The third-order valence-corrected chi connectivity index (χ3v) is 4.69. The quantitative estimate of drug-likeness (QED) is 0.800. The van der Waals surface area contributed by atoms with E-state index >= 15 is 0 Å². The number of carbonyl (C=O) groups is 1. The maximum Gasteiger partial charge on any atom is 0.217 e. The highest BCUT2D eigenvalue weighted by atomic mass is 16.1. The number of nitrogens with two attached hydrogens (primary N) is 1. The second-order valence-electron chi connectivity index (χ2n) is 6.76. The lowest BCUT2D eigenvalue weighted by Gasteiger charge is -2.23. The monoisotopic (exact) mass is 341 g/mol. The Balaban J connectivity index is 1.68. The van der Waals surface area contributed by atoms with E-state index in [0.717, 1.165) is 43.9 Å². The number of primary amides is 1. The Hall–Kier alpha value is -2.21. The summed E-state index contributed by atoms with van der Waals surface area (Å²) in [6.45, 7) is 5.11. The van der Waals surface area contributed by atoms with E-state index in [1.54, 1.807) is 0 Å². The lowest BCUT2D eigenvalue weighted by molar-refractivity contribution is -0.118. The number of amides is 1. The van der Waals surface area contributed by atoms with Crippen molar-refractivity contribution in [2.24, 2.45) is 5.73 Å². The van der Waals surface area contributed by atoms with Gasteiger partial charge >= 0.3 is 0 Å². The number of aromatic nitrogens is 3. The molecular formula is C19H27N5O. The van der Waals surface area contributed by atoms with Crippen LogP contribution in [0.15, 0.2) is 30.6 Å². The zero-order valence-electron chi connectivity index (χ0n) is 14.9. The Morgan fingerprint density at radius 1 is 1.40 bits per heavy atom. The minimum atomic E-state index is -0.279. The lowest BCUT2D eigenvalue weighted by atomic mass is 10.1. The van der Waals surface area contributed by atoms with Gasteiger partial charge in [-0.3, -0.25) is 19.4 Å². The van der Waals surface area contributed by atoms with Crippen molar-refractivity contribution in [1.29, 1.82) is 0 Å². The number of aryl methyl sites for hydroxylation is 2. The Bertz CT molecular complexity index is 711. The lowest BCUT2D eigenvalue weighted by Crippen LogP contribution is -2.23. The van der Waals surface area contributed by atoms with Gasteiger partial charge in [-0.25, -0.2) is 0 Å². The van der Waals surface area contributed by atoms with Crippen molar-refractivity contribution in [2.45, 2.75) is 58.2 Å². The summed E-state index contributed by atoms with van der Waals surface area (Å²) in [5.74, 6) is -0.279. The number of nitrogens with zero attached hydrogens (tertiary/aromatic N) is 4. The summed E-state index contributed by atoms with van der Waals surface area (Å²) in [6.07, 6.45) is 8.48. The standard InChI is InChI=1S/C19H27N5O/c1-2-10-24-14-15(12-21-24)13-23-11-4-7-18(23)17-6-3-5-16(22-17)8-9-19(20)25/h3,5-6,12,14,18H,2,4,7-11,13H2,1H3,(H2,20,25)/t18-/m0/s1. The molecule has 0 spiro atoms. The molecule has 2 aromatic rings. The molecule has 1 amide bonds. The van der Waals surface area contributed by atoms with Gasteiger partial charge in [0.05, 0.1) is 17.9 Å². The molecule has 0 saturated carbocycles. The molecule has 1 atom stereocenters. The van der Waals surface area contributed by atoms with Gasteiger partial charge in [0.15, 0.2) is 0 Å². The number of carbonyl (C=O) groups excluding carboxylic acids is 1. The topological polar surface area (TPSA) is 77.0 Å². The first-order valence-electron chi connectivity index (χ1n) is 9.15. The Labute approximate surface area is 149 Å². The van der Waals surface area contributed by atoms with Crippen LogP contribution in [0, 0.1) is 0 Å². The average molecular weight is 341 g/mol. The number of rotatable bonds is 8. The maximum absolute atomic E-state index is 11.0. The highest BCUT2D eigenvalue weighted by Gasteiger charge is 2.27. The van der Waals surface area contributed by atoms with Crippen LogP contribution < -0.4 is 5.73 Å². The van der Waals surface area contributed by atoms with E-state index < -0.39 is 0 Å². The first-order chi connectivity index (χ1) is 12.2. The van der Waals surface area contributed by atoms with E-state index in [1.165, 1.54) is 12.0 Å². The normalized spacial score (nSPS) is 17.9. The van der Waals surface area contributed by atoms with Crippen LogP contribution in [0.25, 0.3) is 0 Å². The average Bonchev–Trinajstić information content (AvgIpc) is 3.24. The smallest absolute Gasteiger partial charge is 0.217 e. The zero-order valence-corrected chi connectivity index (χ0v) is 14.9. The predicted octanol–water partition coefficient (Wildman–Crippen LogP) is 2.44. The number of hydrogen-bond donors (Lipinski definition) is 1. The molecule has 1 saturated heterocycles. The summed E-state index contributed by atoms with van der Waals surface area (Å²) in [6, 6.07) is 6.44. The van der Waals surface area contributed by atoms with Crippen molar-refractivity contribution in [3.8, 4) is 0 Å². The van der Waals surface area contributed by atoms with E-state index in [1.807, 2.05) is 23.0 Å². The highest BCUT2D eigenvalue weighted by molar-refractivity contribution is 5.73. The molecule has 2 aromatic heterocycles. The van der Waals surface area contributed by atoms with Gasteiger partial charge in [0, 0.05) is 37.0 Å². The molecule has 3 heterocycles. The van der Waals surface area contributed by atoms with Crippen molar-refractivity contribution in [2.75, 3.05) is 6.54 Å². The molecule has 25 heavy (non-hydrogen) atoms. The van der Waals surface area contributed by atoms with Crippen molar-refractivity contribution in [1.82, 2.24) is 19.7 Å². The number of likely N-dealkylation sites (tertiary alicyclic amines) is 1. The highest BCUT2D eigenvalue weighted by Crippen LogP contribution is 2.32. The van der Waals surface area contributed by atoms with Crippen LogP contribution in [0.2, 0.25) is 0 Å². The molecule has 134 valence electrons. The summed E-state index contributed by atoms with van der Waals surface area (Å²) in [4.78, 5) is 18.3. The summed E-state index contributed by atoms with van der Waals surface area (Å²) in [5.41, 5.74) is 8.54. The molecule has 0 bridgehead atoms. The molecule has 0 aromatic carbocycles. The minimum absolute atomic E-state index is 0.279. The number of hydrogen-bond acceptors (Lipinski definition) is 4. The van der Waals surface area contributed by atoms with Gasteiger partial charge in [-0.2, -0.15) is 5.10 Å². The molecule has 0 aliphatic carbocycles. The molecule has 1 fully saturated rings. The van der Waals surface area contributed by atoms with Gasteiger partial charge in [-0.05, 0) is 44.4 Å². The first-order valence-corrected chi connectivity index (χ1v) is 9.15. The van der Waals surface area contributed by atoms with Gasteiger partial charge in [0.25, 0.3) is 0 Å². The Kier molecular flexibility index (Phi) is 5.81. The minimum Gasteiger partial charge on any atom is -0.370 e. The van der Waals surface area contributed by atoms with Crippen LogP contribution in [0.1, 0.15) is 55.6 Å². The van der Waals surface area contributed by atoms with Crippen LogP contribution in [0.3, 0.4) is 0 Å². The van der Waals surface area contributed by atoms with Crippen LogP contribution in [-0.4, -0.2) is 32.1 Å². The SMILES string of the molecule is CCCn1cc(CN2CCC[C@H]2c2cccc(CCC(N)=O)n2)cn1. The second-order valence-corrected chi connectivity index (χ2v) is 6.76. The molecule has 3 rings (SSSR count). The predicted molar refractivity (Wildman–Crippen MR) is 96.7 cm³/mol. The fourth-order valence-corrected chi connectivity index (χ4v) is 3.50.